The second kappa shape index (κ2) is 6.41. The SMILES string of the molecule is CCCNCc1cc(Cl)ccc1N1CCC(O)C1. The zero-order valence-electron chi connectivity index (χ0n) is 10.8. The molecule has 0 saturated carbocycles. The number of halogens is 1. The van der Waals surface area contributed by atoms with Crippen LogP contribution in [0.25, 0.3) is 0 Å². The first-order valence-electron chi connectivity index (χ1n) is 6.63. The summed E-state index contributed by atoms with van der Waals surface area (Å²) in [5, 5.41) is 13.8. The Bertz CT molecular complexity index is 397. The van der Waals surface area contributed by atoms with Gasteiger partial charge < -0.3 is 15.3 Å². The fourth-order valence-corrected chi connectivity index (χ4v) is 2.56. The molecule has 1 heterocycles. The summed E-state index contributed by atoms with van der Waals surface area (Å²) >= 11 is 6.07. The first-order valence-corrected chi connectivity index (χ1v) is 7.00. The Morgan fingerprint density at radius 1 is 1.50 bits per heavy atom. The van der Waals surface area contributed by atoms with Gasteiger partial charge in [0.05, 0.1) is 6.10 Å². The van der Waals surface area contributed by atoms with Gasteiger partial charge >= 0.3 is 0 Å². The van der Waals surface area contributed by atoms with Crippen molar-refractivity contribution in [1.29, 1.82) is 0 Å². The minimum Gasteiger partial charge on any atom is -0.391 e. The lowest BCUT2D eigenvalue weighted by atomic mass is 10.1. The van der Waals surface area contributed by atoms with Gasteiger partial charge in [-0.3, -0.25) is 0 Å². The van der Waals surface area contributed by atoms with E-state index in [9.17, 15) is 5.11 Å². The zero-order valence-corrected chi connectivity index (χ0v) is 11.6. The van der Waals surface area contributed by atoms with E-state index in [1.54, 1.807) is 0 Å². The third-order valence-corrected chi connectivity index (χ3v) is 3.52. The lowest BCUT2D eigenvalue weighted by Gasteiger charge is -2.22. The number of anilines is 1. The Balaban J connectivity index is 2.12. The van der Waals surface area contributed by atoms with Gasteiger partial charge in [-0.25, -0.2) is 0 Å². The molecule has 3 nitrogen and oxygen atoms in total. The number of hydrogen-bond donors (Lipinski definition) is 2. The number of hydrogen-bond acceptors (Lipinski definition) is 3. The number of aliphatic hydroxyl groups is 1. The quantitative estimate of drug-likeness (QED) is 0.805. The summed E-state index contributed by atoms with van der Waals surface area (Å²) in [6, 6.07) is 6.00. The highest BCUT2D eigenvalue weighted by atomic mass is 35.5. The van der Waals surface area contributed by atoms with Crippen LogP contribution in [0.5, 0.6) is 0 Å². The molecule has 1 atom stereocenters. The molecule has 0 radical (unpaired) electrons. The molecule has 1 aromatic rings. The van der Waals surface area contributed by atoms with Crippen molar-refractivity contribution in [2.24, 2.45) is 0 Å². The van der Waals surface area contributed by atoms with Gasteiger partial charge in [-0.15, -0.1) is 0 Å². The summed E-state index contributed by atoms with van der Waals surface area (Å²) in [6.07, 6.45) is 1.78. The van der Waals surface area contributed by atoms with Crippen LogP contribution in [-0.2, 0) is 6.54 Å². The maximum absolute atomic E-state index is 9.64. The maximum Gasteiger partial charge on any atom is 0.0731 e. The molecule has 0 aliphatic carbocycles. The molecular weight excluding hydrogens is 248 g/mol. The van der Waals surface area contributed by atoms with Crippen molar-refractivity contribution >= 4 is 17.3 Å². The van der Waals surface area contributed by atoms with Crippen LogP contribution in [-0.4, -0.2) is 30.8 Å². The van der Waals surface area contributed by atoms with E-state index in [4.69, 9.17) is 11.6 Å². The van der Waals surface area contributed by atoms with Crippen molar-refractivity contribution in [2.75, 3.05) is 24.5 Å². The molecule has 100 valence electrons. The maximum atomic E-state index is 9.64. The summed E-state index contributed by atoms with van der Waals surface area (Å²) < 4.78 is 0. The Labute approximate surface area is 114 Å². The summed E-state index contributed by atoms with van der Waals surface area (Å²) in [4.78, 5) is 2.24. The molecule has 1 aromatic carbocycles. The zero-order chi connectivity index (χ0) is 13.0. The topological polar surface area (TPSA) is 35.5 Å². The van der Waals surface area contributed by atoms with Crippen LogP contribution in [0.15, 0.2) is 18.2 Å². The molecule has 0 bridgehead atoms. The van der Waals surface area contributed by atoms with Crippen LogP contribution in [0.4, 0.5) is 5.69 Å². The van der Waals surface area contributed by atoms with Crippen molar-refractivity contribution in [3.8, 4) is 0 Å². The monoisotopic (exact) mass is 268 g/mol. The van der Waals surface area contributed by atoms with Gasteiger partial charge in [0.2, 0.25) is 0 Å². The smallest absolute Gasteiger partial charge is 0.0731 e. The summed E-state index contributed by atoms with van der Waals surface area (Å²) in [5.41, 5.74) is 2.41. The largest absolute Gasteiger partial charge is 0.391 e. The Morgan fingerprint density at radius 2 is 2.33 bits per heavy atom. The van der Waals surface area contributed by atoms with E-state index in [0.29, 0.717) is 0 Å². The van der Waals surface area contributed by atoms with Gasteiger partial charge in [0.15, 0.2) is 0 Å². The number of benzene rings is 1. The molecule has 1 fully saturated rings. The van der Waals surface area contributed by atoms with Crippen LogP contribution in [0.2, 0.25) is 5.02 Å². The van der Waals surface area contributed by atoms with E-state index in [2.05, 4.69) is 23.2 Å². The standard InChI is InChI=1S/C14H21ClN2O/c1-2-6-16-9-11-8-12(15)3-4-14(11)17-7-5-13(18)10-17/h3-4,8,13,16,18H,2,5-7,9-10H2,1H3. The first-order chi connectivity index (χ1) is 8.70. The fourth-order valence-electron chi connectivity index (χ4n) is 2.36. The summed E-state index contributed by atoms with van der Waals surface area (Å²) in [7, 11) is 0. The third-order valence-electron chi connectivity index (χ3n) is 3.29. The average Bonchev–Trinajstić information content (AvgIpc) is 2.76. The highest BCUT2D eigenvalue weighted by Crippen LogP contribution is 2.27. The van der Waals surface area contributed by atoms with E-state index >= 15 is 0 Å². The molecule has 1 aliphatic heterocycles. The van der Waals surface area contributed by atoms with Gasteiger partial charge in [0.25, 0.3) is 0 Å². The number of nitrogens with zero attached hydrogens (tertiary/aromatic N) is 1. The Morgan fingerprint density at radius 3 is 3.00 bits per heavy atom. The van der Waals surface area contributed by atoms with Crippen LogP contribution in [0, 0.1) is 0 Å². The molecule has 2 N–H and O–H groups in total. The van der Waals surface area contributed by atoms with Gasteiger partial charge in [0, 0.05) is 30.3 Å². The van der Waals surface area contributed by atoms with Crippen molar-refractivity contribution in [1.82, 2.24) is 5.32 Å². The average molecular weight is 269 g/mol. The van der Waals surface area contributed by atoms with Crippen molar-refractivity contribution in [2.45, 2.75) is 32.4 Å². The number of rotatable bonds is 5. The minimum atomic E-state index is -0.197. The lowest BCUT2D eigenvalue weighted by Crippen LogP contribution is -2.24. The van der Waals surface area contributed by atoms with Gasteiger partial charge in [-0.1, -0.05) is 18.5 Å². The molecular formula is C14H21ClN2O. The third kappa shape index (κ3) is 3.37. The predicted octanol–water partition coefficient (Wildman–Crippen LogP) is 2.41. The van der Waals surface area contributed by atoms with E-state index in [0.717, 1.165) is 44.0 Å². The van der Waals surface area contributed by atoms with Gasteiger partial charge in [-0.2, -0.15) is 0 Å². The minimum absolute atomic E-state index is 0.197. The Kier molecular flexibility index (Phi) is 4.87. The number of nitrogens with one attached hydrogen (secondary N) is 1. The van der Waals surface area contributed by atoms with Crippen LogP contribution >= 0.6 is 11.6 Å². The van der Waals surface area contributed by atoms with E-state index in [1.165, 1.54) is 11.3 Å². The molecule has 1 saturated heterocycles. The van der Waals surface area contributed by atoms with Crippen molar-refractivity contribution in [3.05, 3.63) is 28.8 Å². The van der Waals surface area contributed by atoms with Crippen LogP contribution in [0.3, 0.4) is 0 Å². The normalized spacial score (nSPS) is 19.5. The molecule has 0 amide bonds. The highest BCUT2D eigenvalue weighted by molar-refractivity contribution is 6.30. The molecule has 1 unspecified atom stereocenters. The molecule has 2 rings (SSSR count). The van der Waals surface area contributed by atoms with E-state index in [1.807, 2.05) is 12.1 Å². The van der Waals surface area contributed by atoms with Crippen molar-refractivity contribution in [3.63, 3.8) is 0 Å². The van der Waals surface area contributed by atoms with Gasteiger partial charge in [0.1, 0.15) is 0 Å². The van der Waals surface area contributed by atoms with Crippen LogP contribution in [0.1, 0.15) is 25.3 Å². The second-order valence-electron chi connectivity index (χ2n) is 4.84. The highest BCUT2D eigenvalue weighted by Gasteiger charge is 2.22. The van der Waals surface area contributed by atoms with Crippen molar-refractivity contribution < 1.29 is 5.11 Å². The number of aliphatic hydroxyl groups excluding tert-OH is 1. The van der Waals surface area contributed by atoms with Crippen LogP contribution < -0.4 is 10.2 Å². The molecule has 0 aromatic heterocycles. The Hall–Kier alpha value is -0.770. The molecule has 0 spiro atoms. The van der Waals surface area contributed by atoms with Gasteiger partial charge in [-0.05, 0) is 43.1 Å². The molecule has 1 aliphatic rings. The van der Waals surface area contributed by atoms with E-state index < -0.39 is 0 Å². The molecule has 18 heavy (non-hydrogen) atoms. The number of β-amino-alcohol motifs (C(OH)–C–C–N with tert-alkyl or cyclic N) is 1. The predicted molar refractivity (Wildman–Crippen MR) is 76.3 cm³/mol. The second-order valence-corrected chi connectivity index (χ2v) is 5.27. The van der Waals surface area contributed by atoms with E-state index in [-0.39, 0.29) is 6.10 Å². The summed E-state index contributed by atoms with van der Waals surface area (Å²) in [5.74, 6) is 0. The molecule has 4 heteroatoms. The fraction of sp³-hybridized carbons (Fsp3) is 0.571. The first kappa shape index (κ1) is 13.7. The summed E-state index contributed by atoms with van der Waals surface area (Å²) in [6.45, 7) is 5.64. The lowest BCUT2D eigenvalue weighted by molar-refractivity contribution is 0.198.